The summed E-state index contributed by atoms with van der Waals surface area (Å²) in [6, 6.07) is 18.0. The fraction of sp³-hybridized carbons (Fsp3) is 0.211. The normalized spacial score (nSPS) is 11.0. The first kappa shape index (κ1) is 17.0. The first-order valence-corrected chi connectivity index (χ1v) is 8.60. The van der Waals surface area contributed by atoms with Crippen molar-refractivity contribution in [2.24, 2.45) is 0 Å². The Kier molecular flexibility index (Phi) is 5.56. The summed E-state index contributed by atoms with van der Waals surface area (Å²) in [6.07, 6.45) is 0. The molecule has 3 nitrogen and oxygen atoms in total. The minimum Gasteiger partial charge on any atom is -0.308 e. The number of halogens is 2. The minimum absolute atomic E-state index is 0.678. The molecule has 0 unspecified atom stereocenters. The van der Waals surface area contributed by atoms with E-state index in [4.69, 9.17) is 23.2 Å². The number of nitrogens with one attached hydrogen (secondary N) is 1. The van der Waals surface area contributed by atoms with E-state index < -0.39 is 0 Å². The molecule has 3 rings (SSSR count). The number of nitrogens with zero attached hydrogens (tertiary/aromatic N) is 2. The highest BCUT2D eigenvalue weighted by atomic mass is 35.5. The Morgan fingerprint density at radius 1 is 0.917 bits per heavy atom. The van der Waals surface area contributed by atoms with E-state index in [9.17, 15) is 0 Å². The standard InChI is InChI=1S/C19H19Cl2N3/c1-14-18(12-22-11-15-7-9-17(20)10-8-15)19(21)24(23-14)13-16-5-3-2-4-6-16/h2-10,22H,11-13H2,1H3. The third-order valence-electron chi connectivity index (χ3n) is 3.90. The van der Waals surface area contributed by atoms with Gasteiger partial charge in [0.25, 0.3) is 0 Å². The van der Waals surface area contributed by atoms with Gasteiger partial charge in [0.05, 0.1) is 12.2 Å². The molecule has 0 aliphatic carbocycles. The van der Waals surface area contributed by atoms with Crippen molar-refractivity contribution < 1.29 is 0 Å². The van der Waals surface area contributed by atoms with Crippen molar-refractivity contribution in [3.63, 3.8) is 0 Å². The monoisotopic (exact) mass is 359 g/mol. The van der Waals surface area contributed by atoms with E-state index in [1.54, 1.807) is 0 Å². The van der Waals surface area contributed by atoms with Gasteiger partial charge < -0.3 is 5.32 Å². The average molecular weight is 360 g/mol. The largest absolute Gasteiger partial charge is 0.308 e. The average Bonchev–Trinajstić information content (AvgIpc) is 2.85. The number of rotatable bonds is 6. The molecule has 2 aromatic carbocycles. The summed E-state index contributed by atoms with van der Waals surface area (Å²) in [5.74, 6) is 0. The molecule has 124 valence electrons. The van der Waals surface area contributed by atoms with Gasteiger partial charge in [-0.1, -0.05) is 65.7 Å². The molecule has 0 aliphatic heterocycles. The Morgan fingerprint density at radius 3 is 2.33 bits per heavy atom. The van der Waals surface area contributed by atoms with Gasteiger partial charge in [-0.25, -0.2) is 4.68 Å². The zero-order valence-corrected chi connectivity index (χ0v) is 15.0. The van der Waals surface area contributed by atoms with Gasteiger partial charge in [0, 0.05) is 23.7 Å². The summed E-state index contributed by atoms with van der Waals surface area (Å²) in [5, 5.41) is 9.43. The van der Waals surface area contributed by atoms with Gasteiger partial charge in [0.1, 0.15) is 5.15 Å². The molecular weight excluding hydrogens is 341 g/mol. The number of hydrogen-bond acceptors (Lipinski definition) is 2. The van der Waals surface area contributed by atoms with Gasteiger partial charge in [-0.15, -0.1) is 0 Å². The van der Waals surface area contributed by atoms with E-state index in [1.807, 2.05) is 54.1 Å². The number of benzene rings is 2. The molecule has 0 bridgehead atoms. The van der Waals surface area contributed by atoms with Crippen LogP contribution >= 0.6 is 23.2 Å². The summed E-state index contributed by atoms with van der Waals surface area (Å²) < 4.78 is 1.85. The molecule has 0 saturated heterocycles. The van der Waals surface area contributed by atoms with Crippen LogP contribution in [0.25, 0.3) is 0 Å². The fourth-order valence-corrected chi connectivity index (χ4v) is 3.01. The van der Waals surface area contributed by atoms with E-state index in [2.05, 4.69) is 22.5 Å². The van der Waals surface area contributed by atoms with Crippen LogP contribution < -0.4 is 5.32 Å². The lowest BCUT2D eigenvalue weighted by molar-refractivity contribution is 0.676. The molecule has 1 aromatic heterocycles. The zero-order chi connectivity index (χ0) is 16.9. The van der Waals surface area contributed by atoms with Crippen LogP contribution in [0.2, 0.25) is 10.2 Å². The quantitative estimate of drug-likeness (QED) is 0.682. The van der Waals surface area contributed by atoms with Crippen LogP contribution in [0.1, 0.15) is 22.4 Å². The number of hydrogen-bond donors (Lipinski definition) is 1. The third-order valence-corrected chi connectivity index (χ3v) is 4.58. The molecule has 5 heteroatoms. The molecule has 0 fully saturated rings. The molecule has 0 radical (unpaired) electrons. The molecule has 3 aromatic rings. The second-order valence-corrected chi connectivity index (χ2v) is 6.52. The van der Waals surface area contributed by atoms with E-state index in [-0.39, 0.29) is 0 Å². The highest BCUT2D eigenvalue weighted by Gasteiger charge is 2.13. The highest BCUT2D eigenvalue weighted by molar-refractivity contribution is 6.30. The topological polar surface area (TPSA) is 29.9 Å². The lowest BCUT2D eigenvalue weighted by Crippen LogP contribution is -2.13. The lowest BCUT2D eigenvalue weighted by Gasteiger charge is -2.06. The fourth-order valence-electron chi connectivity index (χ4n) is 2.59. The smallest absolute Gasteiger partial charge is 0.132 e. The molecular formula is C19H19Cl2N3. The summed E-state index contributed by atoms with van der Waals surface area (Å²) in [5.41, 5.74) is 4.37. The second-order valence-electron chi connectivity index (χ2n) is 5.73. The van der Waals surface area contributed by atoms with Crippen LogP contribution in [-0.4, -0.2) is 9.78 Å². The van der Waals surface area contributed by atoms with Gasteiger partial charge in [0.2, 0.25) is 0 Å². The Bertz CT molecular complexity index is 795. The summed E-state index contributed by atoms with van der Waals surface area (Å²) in [7, 11) is 0. The molecule has 1 heterocycles. The summed E-state index contributed by atoms with van der Waals surface area (Å²) >= 11 is 12.4. The van der Waals surface area contributed by atoms with E-state index in [0.717, 1.165) is 22.8 Å². The Morgan fingerprint density at radius 2 is 1.62 bits per heavy atom. The van der Waals surface area contributed by atoms with Crippen molar-refractivity contribution in [2.45, 2.75) is 26.6 Å². The minimum atomic E-state index is 0.678. The first-order chi connectivity index (χ1) is 11.6. The first-order valence-electron chi connectivity index (χ1n) is 7.84. The Labute approximate surface area is 152 Å². The van der Waals surface area contributed by atoms with Crippen molar-refractivity contribution in [1.82, 2.24) is 15.1 Å². The van der Waals surface area contributed by atoms with Gasteiger partial charge in [-0.2, -0.15) is 5.10 Å². The van der Waals surface area contributed by atoms with Crippen LogP contribution in [0.4, 0.5) is 0 Å². The summed E-state index contributed by atoms with van der Waals surface area (Å²) in [6.45, 7) is 4.11. The van der Waals surface area contributed by atoms with Crippen LogP contribution in [0.15, 0.2) is 54.6 Å². The van der Waals surface area contributed by atoms with E-state index in [1.165, 1.54) is 11.1 Å². The Hall–Kier alpha value is -1.81. The molecule has 0 atom stereocenters. The SMILES string of the molecule is Cc1nn(Cc2ccccc2)c(Cl)c1CNCc1ccc(Cl)cc1. The Balaban J connectivity index is 1.64. The van der Waals surface area contributed by atoms with Gasteiger partial charge in [-0.3, -0.25) is 0 Å². The summed E-state index contributed by atoms with van der Waals surface area (Å²) in [4.78, 5) is 0. The van der Waals surface area contributed by atoms with E-state index >= 15 is 0 Å². The number of aromatic nitrogens is 2. The predicted octanol–water partition coefficient (Wildman–Crippen LogP) is 4.84. The maximum Gasteiger partial charge on any atom is 0.132 e. The van der Waals surface area contributed by atoms with Gasteiger partial charge in [0.15, 0.2) is 0 Å². The number of aryl methyl sites for hydroxylation is 1. The van der Waals surface area contributed by atoms with Gasteiger partial charge in [-0.05, 0) is 30.2 Å². The van der Waals surface area contributed by atoms with Crippen molar-refractivity contribution in [3.8, 4) is 0 Å². The maximum absolute atomic E-state index is 6.53. The zero-order valence-electron chi connectivity index (χ0n) is 13.5. The second kappa shape index (κ2) is 7.84. The molecule has 0 saturated carbocycles. The molecule has 0 aliphatic rings. The molecule has 0 spiro atoms. The molecule has 1 N–H and O–H groups in total. The molecule has 0 amide bonds. The van der Waals surface area contributed by atoms with Crippen molar-refractivity contribution in [2.75, 3.05) is 0 Å². The lowest BCUT2D eigenvalue weighted by atomic mass is 10.2. The van der Waals surface area contributed by atoms with Crippen molar-refractivity contribution >= 4 is 23.2 Å². The highest BCUT2D eigenvalue weighted by Crippen LogP contribution is 2.21. The third kappa shape index (κ3) is 4.18. The van der Waals surface area contributed by atoms with Crippen molar-refractivity contribution in [1.29, 1.82) is 0 Å². The van der Waals surface area contributed by atoms with Crippen LogP contribution in [0.3, 0.4) is 0 Å². The van der Waals surface area contributed by atoms with Crippen molar-refractivity contribution in [3.05, 3.63) is 87.2 Å². The van der Waals surface area contributed by atoms with Crippen LogP contribution in [-0.2, 0) is 19.6 Å². The van der Waals surface area contributed by atoms with E-state index in [0.29, 0.717) is 18.2 Å². The maximum atomic E-state index is 6.53. The van der Waals surface area contributed by atoms with Crippen LogP contribution in [0.5, 0.6) is 0 Å². The van der Waals surface area contributed by atoms with Crippen LogP contribution in [0, 0.1) is 6.92 Å². The molecule has 24 heavy (non-hydrogen) atoms. The van der Waals surface area contributed by atoms with Gasteiger partial charge >= 0.3 is 0 Å². The predicted molar refractivity (Wildman–Crippen MR) is 99.5 cm³/mol.